The molecule has 0 amide bonds. The van der Waals surface area contributed by atoms with Crippen molar-refractivity contribution in [1.29, 1.82) is 0 Å². The maximum Gasteiger partial charge on any atom is 0.143 e. The predicted molar refractivity (Wildman–Crippen MR) is 168 cm³/mol. The van der Waals surface area contributed by atoms with E-state index in [-0.39, 0.29) is 0 Å². The van der Waals surface area contributed by atoms with Gasteiger partial charge in [0.05, 0.1) is 11.0 Å². The van der Waals surface area contributed by atoms with Gasteiger partial charge in [0, 0.05) is 34.3 Å². The van der Waals surface area contributed by atoms with Gasteiger partial charge in [0.25, 0.3) is 0 Å². The fraction of sp³-hybridized carbons (Fsp3) is 0. The molecule has 0 atom stereocenters. The predicted octanol–water partition coefficient (Wildman–Crippen LogP) is 10.2. The molecule has 3 heteroatoms. The van der Waals surface area contributed by atoms with Gasteiger partial charge in [0.2, 0.25) is 0 Å². The molecule has 1 aliphatic rings. The van der Waals surface area contributed by atoms with Crippen LogP contribution in [0.25, 0.3) is 88.6 Å². The summed E-state index contributed by atoms with van der Waals surface area (Å²) < 4.78 is 6.44. The normalized spacial score (nSPS) is 11.9. The van der Waals surface area contributed by atoms with Crippen molar-refractivity contribution in [2.45, 2.75) is 0 Å². The van der Waals surface area contributed by atoms with Gasteiger partial charge in [-0.1, -0.05) is 103 Å². The highest BCUT2D eigenvalue weighted by Gasteiger charge is 2.24. The molecule has 0 unspecified atom stereocenters. The van der Waals surface area contributed by atoms with Gasteiger partial charge in [-0.15, -0.1) is 0 Å². The molecule has 3 nitrogen and oxygen atoms in total. The molecule has 41 heavy (non-hydrogen) atoms. The Morgan fingerprint density at radius 3 is 1.93 bits per heavy atom. The Balaban J connectivity index is 1.41. The zero-order valence-electron chi connectivity index (χ0n) is 22.0. The summed E-state index contributed by atoms with van der Waals surface area (Å²) in [6, 6.07) is 43.2. The number of nitrogens with zero attached hydrogens (tertiary/aromatic N) is 2. The number of hydrogen-bond donors (Lipinski definition) is 0. The number of para-hydroxylation sites is 2. The third kappa shape index (κ3) is 3.20. The molecular weight excluding hydrogens is 500 g/mol. The van der Waals surface area contributed by atoms with E-state index in [9.17, 15) is 0 Å². The summed E-state index contributed by atoms with van der Waals surface area (Å²) in [7, 11) is 0. The van der Waals surface area contributed by atoms with Gasteiger partial charge in [-0.2, -0.15) is 0 Å². The van der Waals surface area contributed by atoms with Crippen molar-refractivity contribution >= 4 is 33.0 Å². The van der Waals surface area contributed by atoms with Crippen LogP contribution in [0, 0.1) is 0 Å². The lowest BCUT2D eigenvalue weighted by Gasteiger charge is -2.24. The average molecular weight is 523 g/mol. The minimum absolute atomic E-state index is 0.889. The van der Waals surface area contributed by atoms with E-state index in [0.717, 1.165) is 60.8 Å². The van der Waals surface area contributed by atoms with Crippen LogP contribution >= 0.6 is 0 Å². The second-order valence-electron chi connectivity index (χ2n) is 10.5. The van der Waals surface area contributed by atoms with Crippen molar-refractivity contribution in [3.63, 3.8) is 0 Å². The molecule has 2 heterocycles. The Bertz CT molecular complexity index is 2330. The third-order valence-corrected chi connectivity index (χ3v) is 8.37. The lowest BCUT2D eigenvalue weighted by molar-refractivity contribution is 0.670. The quantitative estimate of drug-likeness (QED) is 0.215. The molecule has 0 saturated heterocycles. The first kappa shape index (κ1) is 22.3. The Morgan fingerprint density at radius 2 is 1.07 bits per heavy atom. The first-order chi connectivity index (χ1) is 20.3. The Morgan fingerprint density at radius 1 is 0.439 bits per heavy atom. The first-order valence-corrected chi connectivity index (χ1v) is 13.8. The number of benzene rings is 6. The number of furan rings is 1. The van der Waals surface area contributed by atoms with Crippen molar-refractivity contribution in [3.05, 3.63) is 134 Å². The Labute approximate surface area is 236 Å². The molecule has 0 spiro atoms. The van der Waals surface area contributed by atoms with Crippen LogP contribution in [-0.4, -0.2) is 9.97 Å². The summed E-state index contributed by atoms with van der Waals surface area (Å²) in [4.78, 5) is 9.52. The van der Waals surface area contributed by atoms with Crippen molar-refractivity contribution in [3.8, 4) is 55.6 Å². The van der Waals surface area contributed by atoms with E-state index in [1.165, 1.54) is 27.8 Å². The van der Waals surface area contributed by atoms with Gasteiger partial charge in [-0.25, -0.2) is 0 Å². The molecule has 0 aliphatic heterocycles. The lowest BCUT2D eigenvalue weighted by atomic mass is 9.79. The van der Waals surface area contributed by atoms with Gasteiger partial charge in [-0.05, 0) is 62.7 Å². The fourth-order valence-corrected chi connectivity index (χ4v) is 6.57. The second kappa shape index (κ2) is 8.48. The molecular formula is C38H22N2O. The van der Waals surface area contributed by atoms with E-state index in [1.807, 2.05) is 12.1 Å². The van der Waals surface area contributed by atoms with Crippen molar-refractivity contribution in [2.24, 2.45) is 0 Å². The van der Waals surface area contributed by atoms with E-state index in [4.69, 9.17) is 9.40 Å². The van der Waals surface area contributed by atoms with Crippen LogP contribution in [0.2, 0.25) is 0 Å². The smallest absolute Gasteiger partial charge is 0.143 e. The van der Waals surface area contributed by atoms with Crippen LogP contribution in [-0.2, 0) is 0 Å². The molecule has 0 radical (unpaired) electrons. The van der Waals surface area contributed by atoms with Crippen molar-refractivity contribution in [2.75, 3.05) is 0 Å². The van der Waals surface area contributed by atoms with Crippen LogP contribution in [0.5, 0.6) is 0 Å². The van der Waals surface area contributed by atoms with Gasteiger partial charge in [0.1, 0.15) is 11.2 Å². The molecule has 1 aliphatic carbocycles. The minimum Gasteiger partial charge on any atom is -0.455 e. The lowest BCUT2D eigenvalue weighted by Crippen LogP contribution is -1.99. The number of fused-ring (bicyclic) bond motifs is 13. The number of rotatable bonds is 1. The molecule has 0 bridgehead atoms. The zero-order valence-corrected chi connectivity index (χ0v) is 22.0. The maximum absolute atomic E-state index is 6.44. The Kier molecular flexibility index (Phi) is 4.61. The van der Waals surface area contributed by atoms with Gasteiger partial charge >= 0.3 is 0 Å². The molecule has 6 aromatic carbocycles. The summed E-state index contributed by atoms with van der Waals surface area (Å²) in [5, 5.41) is 2.27. The van der Waals surface area contributed by atoms with E-state index >= 15 is 0 Å². The summed E-state index contributed by atoms with van der Waals surface area (Å²) in [6.45, 7) is 0. The van der Waals surface area contributed by atoms with Gasteiger partial charge in [0.15, 0.2) is 0 Å². The highest BCUT2D eigenvalue weighted by Crippen LogP contribution is 2.50. The van der Waals surface area contributed by atoms with Gasteiger partial charge < -0.3 is 4.42 Å². The summed E-state index contributed by atoms with van der Waals surface area (Å²) in [6.07, 6.45) is 3.55. The highest BCUT2D eigenvalue weighted by atomic mass is 16.3. The van der Waals surface area contributed by atoms with Gasteiger partial charge in [-0.3, -0.25) is 9.97 Å². The van der Waals surface area contributed by atoms with E-state index in [0.29, 0.717) is 0 Å². The fourth-order valence-electron chi connectivity index (χ4n) is 6.57. The van der Waals surface area contributed by atoms with Crippen molar-refractivity contribution < 1.29 is 4.42 Å². The Hall–Kier alpha value is -5.54. The topological polar surface area (TPSA) is 38.9 Å². The van der Waals surface area contributed by atoms with Crippen LogP contribution < -0.4 is 0 Å². The zero-order chi connectivity index (χ0) is 26.9. The SMILES string of the molecule is c1ccc2c(c1)-c1ccc(-c3cccc4c3oc3ccccc34)cc1-c1ccc3nccnc3c1-c1ccccc1-2. The monoisotopic (exact) mass is 522 g/mol. The first-order valence-electron chi connectivity index (χ1n) is 13.8. The van der Waals surface area contributed by atoms with Crippen LogP contribution in [0.4, 0.5) is 0 Å². The van der Waals surface area contributed by atoms with Crippen molar-refractivity contribution in [1.82, 2.24) is 9.97 Å². The largest absolute Gasteiger partial charge is 0.455 e. The number of aromatic nitrogens is 2. The standard InChI is InChI=1S/C38H22N2O/c1-2-9-26-25(8-1)27-10-3-4-12-30(27)36-31(18-19-34-37(36)40-21-20-39-34)33-22-23(16-17-28(26)33)24-13-7-14-32-29-11-5-6-15-35(29)41-38(24)32/h1-22H. The molecule has 9 rings (SSSR count). The second-order valence-corrected chi connectivity index (χ2v) is 10.5. The molecule has 0 N–H and O–H groups in total. The van der Waals surface area contributed by atoms with E-state index < -0.39 is 0 Å². The van der Waals surface area contributed by atoms with Crippen LogP contribution in [0.3, 0.4) is 0 Å². The van der Waals surface area contributed by atoms with Crippen LogP contribution in [0.1, 0.15) is 0 Å². The molecule has 2 aromatic heterocycles. The molecule has 0 saturated carbocycles. The minimum atomic E-state index is 0.889. The van der Waals surface area contributed by atoms with E-state index in [2.05, 4.69) is 114 Å². The molecule has 8 aromatic rings. The third-order valence-electron chi connectivity index (χ3n) is 8.37. The summed E-state index contributed by atoms with van der Waals surface area (Å²) in [5.74, 6) is 0. The molecule has 190 valence electrons. The summed E-state index contributed by atoms with van der Waals surface area (Å²) >= 11 is 0. The highest BCUT2D eigenvalue weighted by molar-refractivity contribution is 6.12. The number of hydrogen-bond acceptors (Lipinski definition) is 3. The summed E-state index contributed by atoms with van der Waals surface area (Å²) in [5.41, 5.74) is 15.2. The van der Waals surface area contributed by atoms with E-state index in [1.54, 1.807) is 12.4 Å². The van der Waals surface area contributed by atoms with Crippen LogP contribution in [0.15, 0.2) is 138 Å². The molecule has 0 fully saturated rings. The average Bonchev–Trinajstić information content (AvgIpc) is 3.42. The maximum atomic E-state index is 6.44.